The lowest BCUT2D eigenvalue weighted by Gasteiger charge is -2.23. The van der Waals surface area contributed by atoms with Gasteiger partial charge in [0.2, 0.25) is 0 Å². The predicted molar refractivity (Wildman–Crippen MR) is 139 cm³/mol. The maximum Gasteiger partial charge on any atom is 0.501 e. The van der Waals surface area contributed by atoms with Crippen LogP contribution in [-0.2, 0) is 10.4 Å². The summed E-state index contributed by atoms with van der Waals surface area (Å²) in [6.45, 7) is 3.05. The molecule has 9 heteroatoms. The Labute approximate surface area is 223 Å². The molecular formula is C30H18O8S. The van der Waals surface area contributed by atoms with Crippen molar-refractivity contribution in [3.05, 3.63) is 128 Å². The Hall–Kier alpha value is -4.89. The molecule has 8 nitrogen and oxygen atoms in total. The molecule has 0 aliphatic heterocycles. The topological polar surface area (TPSA) is 121 Å². The Morgan fingerprint density at radius 1 is 0.462 bits per heavy atom. The third kappa shape index (κ3) is 3.70. The van der Waals surface area contributed by atoms with E-state index in [1.165, 1.54) is 62.4 Å². The number of carbonyl (C=O) groups excluding carboxylic acids is 4. The first-order chi connectivity index (χ1) is 18.6. The van der Waals surface area contributed by atoms with E-state index in [4.69, 9.17) is 8.37 Å². The molecule has 0 saturated heterocycles. The number of benzene rings is 4. The molecule has 0 amide bonds. The molecule has 4 aromatic rings. The fourth-order valence-electron chi connectivity index (χ4n) is 4.96. The zero-order valence-electron chi connectivity index (χ0n) is 20.6. The molecule has 0 heterocycles. The lowest BCUT2D eigenvalue weighted by molar-refractivity contribution is 0.0976. The van der Waals surface area contributed by atoms with Gasteiger partial charge in [-0.3, -0.25) is 19.2 Å². The summed E-state index contributed by atoms with van der Waals surface area (Å²) < 4.78 is 37.2. The van der Waals surface area contributed by atoms with Crippen molar-refractivity contribution in [2.45, 2.75) is 13.8 Å². The molecule has 0 atom stereocenters. The van der Waals surface area contributed by atoms with E-state index in [9.17, 15) is 27.6 Å². The van der Waals surface area contributed by atoms with Crippen molar-refractivity contribution in [2.24, 2.45) is 0 Å². The van der Waals surface area contributed by atoms with Crippen LogP contribution >= 0.6 is 0 Å². The van der Waals surface area contributed by atoms with Gasteiger partial charge in [-0.15, -0.1) is 8.42 Å². The number of rotatable bonds is 4. The molecule has 192 valence electrons. The highest BCUT2D eigenvalue weighted by Crippen LogP contribution is 2.39. The number of hydrogen-bond acceptors (Lipinski definition) is 8. The molecule has 0 bridgehead atoms. The Balaban J connectivity index is 1.43. The van der Waals surface area contributed by atoms with E-state index in [2.05, 4.69) is 0 Å². The highest BCUT2D eigenvalue weighted by molar-refractivity contribution is 7.82. The second-order valence-electron chi connectivity index (χ2n) is 9.25. The zero-order valence-corrected chi connectivity index (χ0v) is 21.4. The first-order valence-corrected chi connectivity index (χ1v) is 13.2. The van der Waals surface area contributed by atoms with E-state index < -0.39 is 33.5 Å². The first kappa shape index (κ1) is 24.4. The Morgan fingerprint density at radius 2 is 0.795 bits per heavy atom. The lowest BCUT2D eigenvalue weighted by atomic mass is 9.83. The maximum absolute atomic E-state index is 13.4. The molecule has 39 heavy (non-hydrogen) atoms. The van der Waals surface area contributed by atoms with Gasteiger partial charge in [-0.25, -0.2) is 0 Å². The average molecular weight is 539 g/mol. The molecule has 0 saturated carbocycles. The van der Waals surface area contributed by atoms with Gasteiger partial charge in [0.25, 0.3) is 0 Å². The molecule has 0 unspecified atom stereocenters. The minimum atomic E-state index is -4.96. The molecule has 0 N–H and O–H groups in total. The lowest BCUT2D eigenvalue weighted by Crippen LogP contribution is -2.26. The minimum Gasteiger partial charge on any atom is -0.352 e. The summed E-state index contributed by atoms with van der Waals surface area (Å²) in [5.74, 6) is -2.73. The van der Waals surface area contributed by atoms with Crippen molar-refractivity contribution in [1.82, 2.24) is 0 Å². The van der Waals surface area contributed by atoms with E-state index in [0.717, 1.165) is 0 Å². The molecular weight excluding hydrogens is 520 g/mol. The molecule has 6 rings (SSSR count). The van der Waals surface area contributed by atoms with Crippen LogP contribution in [0.5, 0.6) is 11.5 Å². The monoisotopic (exact) mass is 538 g/mol. The third-order valence-corrected chi connectivity index (χ3v) is 7.60. The van der Waals surface area contributed by atoms with Crippen molar-refractivity contribution in [2.75, 3.05) is 0 Å². The van der Waals surface area contributed by atoms with Gasteiger partial charge in [0.1, 0.15) is 0 Å². The van der Waals surface area contributed by atoms with Crippen LogP contribution in [-0.4, -0.2) is 31.6 Å². The van der Waals surface area contributed by atoms with Crippen LogP contribution < -0.4 is 8.37 Å². The van der Waals surface area contributed by atoms with Gasteiger partial charge >= 0.3 is 10.4 Å². The summed E-state index contributed by atoms with van der Waals surface area (Å²) in [6, 6.07) is 18.3. The van der Waals surface area contributed by atoms with Gasteiger partial charge in [-0.05, 0) is 37.1 Å². The number of fused-ring (bicyclic) bond motifs is 4. The highest BCUT2D eigenvalue weighted by Gasteiger charge is 2.37. The summed E-state index contributed by atoms with van der Waals surface area (Å²) in [7, 11) is -4.96. The van der Waals surface area contributed by atoms with E-state index in [0.29, 0.717) is 0 Å². The van der Waals surface area contributed by atoms with Crippen molar-refractivity contribution in [3.63, 3.8) is 0 Å². The van der Waals surface area contributed by atoms with Gasteiger partial charge in [0.15, 0.2) is 34.6 Å². The highest BCUT2D eigenvalue weighted by atomic mass is 32.3. The summed E-state index contributed by atoms with van der Waals surface area (Å²) >= 11 is 0. The Morgan fingerprint density at radius 3 is 1.15 bits per heavy atom. The minimum absolute atomic E-state index is 0.000141. The molecule has 2 aliphatic carbocycles. The first-order valence-electron chi connectivity index (χ1n) is 11.9. The van der Waals surface area contributed by atoms with Crippen LogP contribution in [0.4, 0.5) is 0 Å². The second kappa shape index (κ2) is 8.57. The van der Waals surface area contributed by atoms with Crippen molar-refractivity contribution in [1.29, 1.82) is 0 Å². The summed E-state index contributed by atoms with van der Waals surface area (Å²) in [6.07, 6.45) is 0. The molecule has 0 radical (unpaired) electrons. The van der Waals surface area contributed by atoms with Crippen LogP contribution in [0.3, 0.4) is 0 Å². The summed E-state index contributed by atoms with van der Waals surface area (Å²) in [4.78, 5) is 52.9. The Bertz CT molecular complexity index is 1780. The molecule has 0 fully saturated rings. The van der Waals surface area contributed by atoms with Crippen LogP contribution in [0.25, 0.3) is 0 Å². The fraction of sp³-hybridized carbons (Fsp3) is 0.0667. The van der Waals surface area contributed by atoms with Gasteiger partial charge in [-0.2, -0.15) is 0 Å². The van der Waals surface area contributed by atoms with E-state index in [-0.39, 0.29) is 67.1 Å². The van der Waals surface area contributed by atoms with Gasteiger partial charge in [-0.1, -0.05) is 60.7 Å². The number of aryl methyl sites for hydroxylation is 2. The van der Waals surface area contributed by atoms with E-state index in [1.54, 1.807) is 24.3 Å². The van der Waals surface area contributed by atoms with Crippen LogP contribution in [0.15, 0.2) is 72.8 Å². The van der Waals surface area contributed by atoms with Gasteiger partial charge in [0.05, 0.1) is 11.1 Å². The van der Waals surface area contributed by atoms with Gasteiger partial charge < -0.3 is 8.37 Å². The van der Waals surface area contributed by atoms with E-state index in [1.807, 2.05) is 0 Å². The zero-order chi connectivity index (χ0) is 27.6. The van der Waals surface area contributed by atoms with Crippen LogP contribution in [0.2, 0.25) is 0 Å². The largest absolute Gasteiger partial charge is 0.501 e. The standard InChI is InChI=1S/C30H18O8S/c1-15-11-13-21-23(27(33)19-9-5-3-7-17(19)25(21)31)29(15)37-39(35,36)38-30-16(2)12-14-22-24(30)28(34)20-10-6-4-8-18(20)26(22)32/h3-14H,1-2H3. The number of ketones is 4. The molecule has 2 aliphatic rings. The SMILES string of the molecule is Cc1ccc2c(c1OS(=O)(=O)Oc1c(C)ccc3c1C(=O)c1ccccc1C3=O)C(=O)c1ccccc1C2=O. The maximum atomic E-state index is 13.4. The second-order valence-corrected chi connectivity index (χ2v) is 10.4. The fourth-order valence-corrected chi connectivity index (χ4v) is 5.83. The van der Waals surface area contributed by atoms with Gasteiger partial charge in [0, 0.05) is 33.4 Å². The quantitative estimate of drug-likeness (QED) is 0.320. The van der Waals surface area contributed by atoms with Crippen molar-refractivity contribution >= 4 is 33.5 Å². The molecule has 0 aromatic heterocycles. The van der Waals surface area contributed by atoms with Crippen molar-refractivity contribution < 1.29 is 36.0 Å². The van der Waals surface area contributed by atoms with Crippen molar-refractivity contribution in [3.8, 4) is 11.5 Å². The average Bonchev–Trinajstić information content (AvgIpc) is 2.92. The number of hydrogen-bond donors (Lipinski definition) is 0. The summed E-state index contributed by atoms with van der Waals surface area (Å²) in [5, 5.41) is 0. The number of carbonyl (C=O) groups is 4. The summed E-state index contributed by atoms with van der Waals surface area (Å²) in [5.41, 5.74) is 0.815. The third-order valence-electron chi connectivity index (χ3n) is 6.86. The Kier molecular flexibility index (Phi) is 5.37. The molecule has 0 spiro atoms. The predicted octanol–water partition coefficient (Wildman–Crippen LogP) is 4.56. The van der Waals surface area contributed by atoms with Crippen LogP contribution in [0.1, 0.15) is 74.8 Å². The van der Waals surface area contributed by atoms with Crippen LogP contribution in [0, 0.1) is 13.8 Å². The normalized spacial score (nSPS) is 13.8. The van der Waals surface area contributed by atoms with E-state index >= 15 is 0 Å². The smallest absolute Gasteiger partial charge is 0.352 e. The molecule has 4 aromatic carbocycles.